The fourth-order valence-corrected chi connectivity index (χ4v) is 9.60. The number of nitrogens with one attached hydrogen (secondary N) is 1. The quantitative estimate of drug-likeness (QED) is 0.309. The molecule has 2 aromatic rings. The van der Waals surface area contributed by atoms with Crippen molar-refractivity contribution in [2.45, 2.75) is 101 Å². The lowest BCUT2D eigenvalue weighted by atomic mass is 9.90. The third-order valence-electron chi connectivity index (χ3n) is 11.7. The fraction of sp³-hybridized carbons (Fsp3) is 0.585. The summed E-state index contributed by atoms with van der Waals surface area (Å²) in [5, 5.41) is 0.0881. The number of allylic oxidation sites excluding steroid dienone is 3. The van der Waals surface area contributed by atoms with Crippen LogP contribution in [-0.2, 0) is 33.9 Å². The van der Waals surface area contributed by atoms with Gasteiger partial charge in [-0.1, -0.05) is 44.1 Å². The first-order chi connectivity index (χ1) is 26.4. The number of nitrogens with zero attached hydrogens (tertiary/aromatic N) is 2. The number of hydrogen-bond donors (Lipinski definition) is 1. The van der Waals surface area contributed by atoms with Crippen LogP contribution in [0.1, 0.15) is 89.5 Å². The highest BCUT2D eigenvalue weighted by Gasteiger charge is 2.61. The van der Waals surface area contributed by atoms with Crippen LogP contribution in [0.25, 0.3) is 17.0 Å². The van der Waals surface area contributed by atoms with Crippen LogP contribution in [-0.4, -0.2) is 86.6 Å². The van der Waals surface area contributed by atoms with E-state index in [2.05, 4.69) is 9.71 Å². The van der Waals surface area contributed by atoms with Gasteiger partial charge in [0.05, 0.1) is 56.0 Å². The molecule has 2 saturated carbocycles. The summed E-state index contributed by atoms with van der Waals surface area (Å²) in [5.74, 6) is -1.49. The van der Waals surface area contributed by atoms with Crippen LogP contribution in [0.2, 0.25) is 0 Å². The van der Waals surface area contributed by atoms with E-state index in [0.29, 0.717) is 66.8 Å². The maximum absolute atomic E-state index is 14.6. The summed E-state index contributed by atoms with van der Waals surface area (Å²) >= 11 is 0. The predicted octanol–water partition coefficient (Wildman–Crippen LogP) is 5.30. The van der Waals surface area contributed by atoms with Gasteiger partial charge in [-0.05, 0) is 62.8 Å². The van der Waals surface area contributed by atoms with Gasteiger partial charge in [0.25, 0.3) is 0 Å². The summed E-state index contributed by atoms with van der Waals surface area (Å²) in [6, 6.07) is 4.44. The molecule has 1 aromatic heterocycles. The highest BCUT2D eigenvalue weighted by Crippen LogP contribution is 2.57. The van der Waals surface area contributed by atoms with E-state index in [1.165, 1.54) is 12.0 Å². The highest BCUT2D eigenvalue weighted by molar-refractivity contribution is 7.90. The molecule has 14 heteroatoms. The summed E-state index contributed by atoms with van der Waals surface area (Å²) < 4.78 is 51.7. The van der Waals surface area contributed by atoms with Crippen molar-refractivity contribution in [2.24, 2.45) is 23.2 Å². The van der Waals surface area contributed by atoms with Gasteiger partial charge in [-0.3, -0.25) is 23.9 Å². The van der Waals surface area contributed by atoms with Crippen molar-refractivity contribution in [3.05, 3.63) is 42.0 Å². The third kappa shape index (κ3) is 8.53. The SMILES string of the molecule is COc1cc2c3cc(c(OC)cc3n1)/C=C/C[C@@H](C)COC(=O)C[C@H]1CCCCC/C=C\[C@@H]3C[C@@]3(C(=O)NS(=O)(=O)C3CC3)CC(=O)[C@@H]3C[C@H](CN3C1=O)O2. The number of sulfonamides is 1. The molecule has 3 aliphatic heterocycles. The zero-order valence-electron chi connectivity index (χ0n) is 31.8. The number of benzene rings is 1. The minimum Gasteiger partial charge on any atom is -0.496 e. The molecule has 0 unspecified atom stereocenters. The number of carbonyl (C=O) groups is 4. The van der Waals surface area contributed by atoms with Gasteiger partial charge >= 0.3 is 5.97 Å². The van der Waals surface area contributed by atoms with Crippen molar-refractivity contribution in [1.29, 1.82) is 0 Å². The normalized spacial score (nSPS) is 30.5. The third-order valence-corrected chi connectivity index (χ3v) is 13.5. The molecule has 13 nitrogen and oxygen atoms in total. The van der Waals surface area contributed by atoms with Crippen LogP contribution >= 0.6 is 0 Å². The Labute approximate surface area is 322 Å². The molecule has 0 radical (unpaired) electrons. The van der Waals surface area contributed by atoms with E-state index in [4.69, 9.17) is 18.9 Å². The Balaban J connectivity index is 1.27. The van der Waals surface area contributed by atoms with Crippen LogP contribution in [0.4, 0.5) is 0 Å². The molecule has 296 valence electrons. The lowest BCUT2D eigenvalue weighted by Gasteiger charge is -2.29. The van der Waals surface area contributed by atoms with Gasteiger partial charge in [-0.2, -0.15) is 0 Å². The predicted molar refractivity (Wildman–Crippen MR) is 204 cm³/mol. The molecule has 0 spiro atoms. The zero-order chi connectivity index (χ0) is 38.9. The molecular weight excluding hydrogens is 727 g/mol. The number of aromatic nitrogens is 1. The number of hydrogen-bond acceptors (Lipinski definition) is 11. The lowest BCUT2D eigenvalue weighted by molar-refractivity contribution is -0.151. The molecule has 5 aliphatic rings. The average Bonchev–Trinajstić information content (AvgIpc) is 4.09. The highest BCUT2D eigenvalue weighted by atomic mass is 32.2. The van der Waals surface area contributed by atoms with Gasteiger partial charge in [0.1, 0.15) is 17.6 Å². The molecule has 3 fully saturated rings. The molecular formula is C41H51N3O10S. The number of rotatable bonds is 5. The monoisotopic (exact) mass is 777 g/mol. The Morgan fingerprint density at radius 2 is 1.85 bits per heavy atom. The Morgan fingerprint density at radius 1 is 1.04 bits per heavy atom. The van der Waals surface area contributed by atoms with E-state index in [-0.39, 0.29) is 55.9 Å². The molecule has 4 heterocycles. The minimum atomic E-state index is -3.85. The number of cyclic esters (lactones) is 1. The van der Waals surface area contributed by atoms with Crippen molar-refractivity contribution < 1.29 is 46.5 Å². The first-order valence-corrected chi connectivity index (χ1v) is 21.1. The number of methoxy groups -OCH3 is 2. The van der Waals surface area contributed by atoms with Gasteiger partial charge in [-0.15, -0.1) is 0 Å². The smallest absolute Gasteiger partial charge is 0.306 e. The van der Waals surface area contributed by atoms with E-state index in [1.807, 2.05) is 37.3 Å². The summed E-state index contributed by atoms with van der Waals surface area (Å²) in [4.78, 5) is 62.5. The topological polar surface area (TPSA) is 167 Å². The molecule has 7 rings (SSSR count). The number of fused-ring (bicyclic) bond motifs is 4. The molecule has 1 N–H and O–H groups in total. The van der Waals surface area contributed by atoms with Crippen molar-refractivity contribution in [1.82, 2.24) is 14.6 Å². The fourth-order valence-electron chi connectivity index (χ4n) is 8.22. The number of ketones is 1. The Bertz CT molecular complexity index is 2010. The lowest BCUT2D eigenvalue weighted by Crippen LogP contribution is -2.46. The first kappa shape index (κ1) is 38.8. The second-order valence-electron chi connectivity index (χ2n) is 15.9. The van der Waals surface area contributed by atoms with Crippen molar-refractivity contribution >= 4 is 50.6 Å². The van der Waals surface area contributed by atoms with Crippen molar-refractivity contribution in [3.8, 4) is 17.4 Å². The number of amides is 2. The van der Waals surface area contributed by atoms with Gasteiger partial charge in [0.15, 0.2) is 5.78 Å². The van der Waals surface area contributed by atoms with Gasteiger partial charge < -0.3 is 23.8 Å². The zero-order valence-corrected chi connectivity index (χ0v) is 32.6. The van der Waals surface area contributed by atoms with Crippen molar-refractivity contribution in [3.63, 3.8) is 0 Å². The standard InChI is InChI=1S/C41H51N3O10S/c1-25-10-9-12-26-16-31-32(19-35(26)51-2)42-37(52-3)20-36(31)54-29-18-33-34(45)22-41(40(48)43-55(49,50)30-14-15-30)21-28(41)13-8-6-4-5-7-11-27(17-38(46)53-24-25)39(47)44(33)23-29/h8-9,12-13,16,19-20,25,27-30,33H,4-7,10-11,14-15,17-18,21-24H2,1-3H3,(H,43,48)/b12-9+,13-8-/t25-,27-,28-,29-,33+,41-/m1/s1. The van der Waals surface area contributed by atoms with Crippen LogP contribution < -0.4 is 18.9 Å². The van der Waals surface area contributed by atoms with Crippen LogP contribution in [0, 0.1) is 23.2 Å². The maximum Gasteiger partial charge on any atom is 0.306 e. The van der Waals surface area contributed by atoms with E-state index in [0.717, 1.165) is 24.8 Å². The number of ether oxygens (including phenoxy) is 4. The van der Waals surface area contributed by atoms with Gasteiger partial charge in [-0.25, -0.2) is 13.4 Å². The molecule has 1 saturated heterocycles. The van der Waals surface area contributed by atoms with Crippen LogP contribution in [0.15, 0.2) is 36.4 Å². The summed E-state index contributed by atoms with van der Waals surface area (Å²) in [5.41, 5.74) is 0.109. The van der Waals surface area contributed by atoms with Gasteiger partial charge in [0, 0.05) is 41.8 Å². The average molecular weight is 778 g/mol. The molecule has 2 amide bonds. The number of esters is 1. The second kappa shape index (κ2) is 16.0. The Kier molecular flexibility index (Phi) is 11.3. The molecule has 6 atom stereocenters. The van der Waals surface area contributed by atoms with E-state index >= 15 is 0 Å². The van der Waals surface area contributed by atoms with E-state index in [1.54, 1.807) is 19.2 Å². The molecule has 5 bridgehead atoms. The Hall–Kier alpha value is -4.46. The first-order valence-electron chi connectivity index (χ1n) is 19.5. The van der Waals surface area contributed by atoms with E-state index in [9.17, 15) is 27.6 Å². The second-order valence-corrected chi connectivity index (χ2v) is 17.9. The number of Topliss-reactive ketones (excluding diaryl/α,β-unsaturated/α-hetero) is 1. The molecule has 1 aromatic carbocycles. The maximum atomic E-state index is 14.6. The minimum absolute atomic E-state index is 0.00316. The number of carbonyl (C=O) groups excluding carboxylic acids is 4. The largest absolute Gasteiger partial charge is 0.496 e. The van der Waals surface area contributed by atoms with Crippen LogP contribution in [0.3, 0.4) is 0 Å². The molecule has 2 aliphatic carbocycles. The van der Waals surface area contributed by atoms with Crippen molar-refractivity contribution in [2.75, 3.05) is 27.4 Å². The summed E-state index contributed by atoms with van der Waals surface area (Å²) in [6.45, 7) is 2.23. The van der Waals surface area contributed by atoms with Crippen LogP contribution in [0.5, 0.6) is 17.4 Å². The number of pyridine rings is 1. The summed E-state index contributed by atoms with van der Waals surface area (Å²) in [6.07, 6.45) is 12.5. The van der Waals surface area contributed by atoms with Gasteiger partial charge in [0.2, 0.25) is 27.7 Å². The Morgan fingerprint density at radius 3 is 2.62 bits per heavy atom. The summed E-state index contributed by atoms with van der Waals surface area (Å²) in [7, 11) is -0.760. The van der Waals surface area contributed by atoms with E-state index < -0.39 is 50.6 Å². The molecule has 55 heavy (non-hydrogen) atoms.